The Balaban J connectivity index is 1.77. The summed E-state index contributed by atoms with van der Waals surface area (Å²) in [5.41, 5.74) is 2.55. The van der Waals surface area contributed by atoms with Crippen LogP contribution in [-0.2, 0) is 6.61 Å². The summed E-state index contributed by atoms with van der Waals surface area (Å²) in [7, 11) is 0. The van der Waals surface area contributed by atoms with Crippen molar-refractivity contribution in [3.63, 3.8) is 0 Å². The van der Waals surface area contributed by atoms with E-state index in [1.165, 1.54) is 0 Å². The van der Waals surface area contributed by atoms with Gasteiger partial charge in [-0.3, -0.25) is 0 Å². The van der Waals surface area contributed by atoms with Crippen LogP contribution in [0.4, 0.5) is 0 Å². The Morgan fingerprint density at radius 3 is 3.00 bits per heavy atom. The van der Waals surface area contributed by atoms with Crippen LogP contribution in [0.2, 0.25) is 5.02 Å². The molecule has 2 aromatic heterocycles. The van der Waals surface area contributed by atoms with Crippen molar-refractivity contribution >= 4 is 38.7 Å². The lowest BCUT2D eigenvalue weighted by Crippen LogP contribution is -1.97. The zero-order valence-corrected chi connectivity index (χ0v) is 13.0. The SMILES string of the molecule is Cc1cc(OCc2nc3ncc(Br)cc3[nH]2)ccc1Cl. The van der Waals surface area contributed by atoms with Gasteiger partial charge in [-0.15, -0.1) is 0 Å². The summed E-state index contributed by atoms with van der Waals surface area (Å²) >= 11 is 9.36. The van der Waals surface area contributed by atoms with Crippen LogP contribution in [0.5, 0.6) is 5.75 Å². The van der Waals surface area contributed by atoms with Crippen molar-refractivity contribution in [1.29, 1.82) is 0 Å². The third-order valence-corrected chi connectivity index (χ3v) is 3.72. The summed E-state index contributed by atoms with van der Waals surface area (Å²) in [6.45, 7) is 2.30. The molecular formula is C14H11BrClN3O. The number of halogens is 2. The number of nitrogens with zero attached hydrogens (tertiary/aromatic N) is 2. The van der Waals surface area contributed by atoms with Crippen molar-refractivity contribution in [1.82, 2.24) is 15.0 Å². The highest BCUT2D eigenvalue weighted by molar-refractivity contribution is 9.10. The van der Waals surface area contributed by atoms with Gasteiger partial charge in [0, 0.05) is 15.7 Å². The predicted molar refractivity (Wildman–Crippen MR) is 82.1 cm³/mol. The van der Waals surface area contributed by atoms with Gasteiger partial charge in [-0.2, -0.15) is 0 Å². The van der Waals surface area contributed by atoms with Gasteiger partial charge in [0.1, 0.15) is 18.2 Å². The molecule has 0 aliphatic rings. The third kappa shape index (κ3) is 2.78. The van der Waals surface area contributed by atoms with Gasteiger partial charge in [0.2, 0.25) is 0 Å². The number of nitrogens with one attached hydrogen (secondary N) is 1. The molecule has 3 rings (SSSR count). The molecule has 1 aromatic carbocycles. The maximum Gasteiger partial charge on any atom is 0.177 e. The zero-order valence-electron chi connectivity index (χ0n) is 10.7. The van der Waals surface area contributed by atoms with E-state index >= 15 is 0 Å². The zero-order chi connectivity index (χ0) is 14.1. The Bertz CT molecular complexity index is 772. The monoisotopic (exact) mass is 351 g/mol. The lowest BCUT2D eigenvalue weighted by Gasteiger charge is -2.05. The normalized spacial score (nSPS) is 10.9. The van der Waals surface area contributed by atoms with Gasteiger partial charge in [-0.25, -0.2) is 9.97 Å². The Hall–Kier alpha value is -1.59. The van der Waals surface area contributed by atoms with Crippen molar-refractivity contribution < 1.29 is 4.74 Å². The Labute approximate surface area is 129 Å². The summed E-state index contributed by atoms with van der Waals surface area (Å²) in [4.78, 5) is 11.8. The number of ether oxygens (including phenoxy) is 1. The van der Waals surface area contributed by atoms with Crippen molar-refractivity contribution in [3.05, 3.63) is 51.3 Å². The highest BCUT2D eigenvalue weighted by atomic mass is 79.9. The fourth-order valence-corrected chi connectivity index (χ4v) is 2.30. The number of aromatic nitrogens is 3. The lowest BCUT2D eigenvalue weighted by atomic mass is 10.2. The molecule has 0 bridgehead atoms. The quantitative estimate of drug-likeness (QED) is 0.766. The summed E-state index contributed by atoms with van der Waals surface area (Å²) in [6.07, 6.45) is 1.72. The summed E-state index contributed by atoms with van der Waals surface area (Å²) in [5.74, 6) is 1.50. The first kappa shape index (κ1) is 13.4. The average molecular weight is 353 g/mol. The molecule has 0 aliphatic heterocycles. The molecule has 1 N–H and O–H groups in total. The van der Waals surface area contributed by atoms with E-state index < -0.39 is 0 Å². The molecule has 0 atom stereocenters. The van der Waals surface area contributed by atoms with E-state index in [0.29, 0.717) is 12.3 Å². The molecule has 6 heteroatoms. The van der Waals surface area contributed by atoms with Crippen LogP contribution in [0.25, 0.3) is 11.2 Å². The van der Waals surface area contributed by atoms with E-state index in [4.69, 9.17) is 16.3 Å². The fourth-order valence-electron chi connectivity index (χ4n) is 1.85. The van der Waals surface area contributed by atoms with Gasteiger partial charge < -0.3 is 9.72 Å². The number of imidazole rings is 1. The minimum atomic E-state index is 0.356. The van der Waals surface area contributed by atoms with Crippen LogP contribution in [0, 0.1) is 6.92 Å². The molecule has 0 fully saturated rings. The first-order valence-electron chi connectivity index (χ1n) is 6.01. The van der Waals surface area contributed by atoms with E-state index in [1.807, 2.05) is 31.2 Å². The van der Waals surface area contributed by atoms with Gasteiger partial charge in [-0.05, 0) is 52.7 Å². The van der Waals surface area contributed by atoms with Crippen molar-refractivity contribution in [2.75, 3.05) is 0 Å². The number of aromatic amines is 1. The number of hydrogen-bond acceptors (Lipinski definition) is 3. The van der Waals surface area contributed by atoms with Crippen molar-refractivity contribution in [2.45, 2.75) is 13.5 Å². The number of H-pyrrole nitrogens is 1. The van der Waals surface area contributed by atoms with Gasteiger partial charge in [0.05, 0.1) is 5.52 Å². The summed E-state index contributed by atoms with van der Waals surface area (Å²) in [5, 5.41) is 0.732. The van der Waals surface area contributed by atoms with Crippen LogP contribution in [0.3, 0.4) is 0 Å². The van der Waals surface area contributed by atoms with Gasteiger partial charge in [0.15, 0.2) is 5.65 Å². The maximum absolute atomic E-state index is 5.98. The lowest BCUT2D eigenvalue weighted by molar-refractivity contribution is 0.297. The van der Waals surface area contributed by atoms with E-state index in [1.54, 1.807) is 6.20 Å². The van der Waals surface area contributed by atoms with Gasteiger partial charge in [0.25, 0.3) is 0 Å². The van der Waals surface area contributed by atoms with E-state index in [2.05, 4.69) is 30.9 Å². The second-order valence-corrected chi connectivity index (χ2v) is 5.73. The molecule has 0 saturated heterocycles. The third-order valence-electron chi connectivity index (χ3n) is 2.86. The number of benzene rings is 1. The number of hydrogen-bond donors (Lipinski definition) is 1. The number of fused-ring (bicyclic) bond motifs is 1. The molecular weight excluding hydrogens is 342 g/mol. The van der Waals surface area contributed by atoms with Crippen LogP contribution in [-0.4, -0.2) is 15.0 Å². The Morgan fingerprint density at radius 2 is 2.20 bits per heavy atom. The molecule has 20 heavy (non-hydrogen) atoms. The topological polar surface area (TPSA) is 50.8 Å². The largest absolute Gasteiger partial charge is 0.486 e. The number of aryl methyl sites for hydroxylation is 1. The minimum absolute atomic E-state index is 0.356. The molecule has 2 heterocycles. The molecule has 102 valence electrons. The summed E-state index contributed by atoms with van der Waals surface area (Å²) in [6, 6.07) is 7.50. The van der Waals surface area contributed by atoms with Crippen LogP contribution in [0.15, 0.2) is 34.9 Å². The summed E-state index contributed by atoms with van der Waals surface area (Å²) < 4.78 is 6.61. The van der Waals surface area contributed by atoms with E-state index in [9.17, 15) is 0 Å². The molecule has 0 amide bonds. The molecule has 0 radical (unpaired) electrons. The van der Waals surface area contributed by atoms with Crippen molar-refractivity contribution in [2.24, 2.45) is 0 Å². The van der Waals surface area contributed by atoms with Gasteiger partial charge >= 0.3 is 0 Å². The highest BCUT2D eigenvalue weighted by Gasteiger charge is 2.06. The van der Waals surface area contributed by atoms with E-state index in [0.717, 1.165) is 32.1 Å². The number of rotatable bonds is 3. The standard InChI is InChI=1S/C14H11BrClN3O/c1-8-4-10(2-3-11(8)16)20-7-13-18-12-5-9(15)6-17-14(12)19-13/h2-6H,7H2,1H3,(H,17,18,19). The second-order valence-electron chi connectivity index (χ2n) is 4.41. The molecule has 3 aromatic rings. The molecule has 4 nitrogen and oxygen atoms in total. The van der Waals surface area contributed by atoms with Crippen LogP contribution in [0.1, 0.15) is 11.4 Å². The first-order valence-corrected chi connectivity index (χ1v) is 7.18. The first-order chi connectivity index (χ1) is 9.61. The fraction of sp³-hybridized carbons (Fsp3) is 0.143. The second kappa shape index (κ2) is 5.42. The number of pyridine rings is 1. The molecule has 0 saturated carbocycles. The van der Waals surface area contributed by atoms with Crippen LogP contribution >= 0.6 is 27.5 Å². The average Bonchev–Trinajstić information content (AvgIpc) is 2.82. The highest BCUT2D eigenvalue weighted by Crippen LogP contribution is 2.22. The maximum atomic E-state index is 5.98. The molecule has 0 unspecified atom stereocenters. The van der Waals surface area contributed by atoms with E-state index in [-0.39, 0.29) is 0 Å². The Kier molecular flexibility index (Phi) is 3.63. The molecule has 0 spiro atoms. The van der Waals surface area contributed by atoms with Gasteiger partial charge in [-0.1, -0.05) is 11.6 Å². The smallest absolute Gasteiger partial charge is 0.177 e. The molecule has 0 aliphatic carbocycles. The minimum Gasteiger partial charge on any atom is -0.486 e. The predicted octanol–water partition coefficient (Wildman–Crippen LogP) is 4.26. The van der Waals surface area contributed by atoms with Crippen molar-refractivity contribution in [3.8, 4) is 5.75 Å². The Morgan fingerprint density at radius 1 is 1.35 bits per heavy atom. The van der Waals surface area contributed by atoms with Crippen LogP contribution < -0.4 is 4.74 Å².